The molecule has 2 rings (SSSR count). The van der Waals surface area contributed by atoms with Crippen molar-refractivity contribution in [1.82, 2.24) is 15.1 Å². The number of likely N-dealkylation sites (tertiary alicyclic amines) is 1. The quantitative estimate of drug-likeness (QED) is 0.400. The maximum Gasteiger partial charge on any atom is 0.193 e. The number of aliphatic imine (C=N–C) groups is 1. The first kappa shape index (κ1) is 18.5. The van der Waals surface area contributed by atoms with Gasteiger partial charge in [0.2, 0.25) is 0 Å². The van der Waals surface area contributed by atoms with Crippen LogP contribution in [0.3, 0.4) is 0 Å². The number of likely N-dealkylation sites (N-methyl/N-ethyl adjacent to an activating group) is 1. The van der Waals surface area contributed by atoms with Crippen LogP contribution in [0.1, 0.15) is 39.0 Å². The molecule has 0 aromatic heterocycles. The summed E-state index contributed by atoms with van der Waals surface area (Å²) in [6, 6.07) is 0. The average molecular weight is 325 g/mol. The molecule has 0 aromatic carbocycles. The third-order valence-corrected chi connectivity index (χ3v) is 4.82. The summed E-state index contributed by atoms with van der Waals surface area (Å²) >= 11 is 0. The van der Waals surface area contributed by atoms with Gasteiger partial charge < -0.3 is 19.9 Å². The Morgan fingerprint density at radius 3 is 2.70 bits per heavy atom. The second kappa shape index (κ2) is 10.1. The van der Waals surface area contributed by atoms with Crippen molar-refractivity contribution in [2.45, 2.75) is 39.0 Å². The maximum absolute atomic E-state index is 5.72. The number of guanidine groups is 1. The van der Waals surface area contributed by atoms with Crippen LogP contribution >= 0.6 is 0 Å². The highest BCUT2D eigenvalue weighted by Gasteiger charge is 2.21. The summed E-state index contributed by atoms with van der Waals surface area (Å²) in [6.45, 7) is 9.67. The van der Waals surface area contributed by atoms with E-state index in [9.17, 15) is 0 Å². The standard InChI is InChI=1S/C18H36N4O/c1-16(14-22-9-5-4-6-10-22)13-20-18(19-2)21(3)11-12-23-15-17-7-8-17/h16-17H,4-15H2,1-3H3,(H,19,20). The lowest BCUT2D eigenvalue weighted by Crippen LogP contribution is -2.44. The van der Waals surface area contributed by atoms with E-state index in [-0.39, 0.29) is 0 Å². The van der Waals surface area contributed by atoms with Crippen molar-refractivity contribution in [2.75, 3.05) is 60.0 Å². The molecule has 0 bridgehead atoms. The smallest absolute Gasteiger partial charge is 0.193 e. The first-order chi connectivity index (χ1) is 11.2. The number of nitrogens with one attached hydrogen (secondary N) is 1. The van der Waals surface area contributed by atoms with Crippen molar-refractivity contribution in [1.29, 1.82) is 0 Å². The van der Waals surface area contributed by atoms with E-state index >= 15 is 0 Å². The molecule has 0 spiro atoms. The Balaban J connectivity index is 1.58. The van der Waals surface area contributed by atoms with Crippen LogP contribution in [0.25, 0.3) is 0 Å². The van der Waals surface area contributed by atoms with Crippen LogP contribution in [-0.4, -0.2) is 75.8 Å². The second-order valence-corrected chi connectivity index (χ2v) is 7.33. The molecule has 1 unspecified atom stereocenters. The van der Waals surface area contributed by atoms with Gasteiger partial charge in [0.05, 0.1) is 6.61 Å². The molecule has 0 amide bonds. The normalized spacial score (nSPS) is 21.3. The van der Waals surface area contributed by atoms with Gasteiger partial charge in [0.15, 0.2) is 5.96 Å². The van der Waals surface area contributed by atoms with Gasteiger partial charge in [-0.3, -0.25) is 4.99 Å². The first-order valence-electron chi connectivity index (χ1n) is 9.41. The topological polar surface area (TPSA) is 40.1 Å². The minimum absolute atomic E-state index is 0.643. The van der Waals surface area contributed by atoms with E-state index in [1.165, 1.54) is 51.7 Å². The van der Waals surface area contributed by atoms with E-state index in [4.69, 9.17) is 4.74 Å². The molecule has 5 nitrogen and oxygen atoms in total. The number of rotatable bonds is 9. The molecule has 2 fully saturated rings. The van der Waals surface area contributed by atoms with Crippen LogP contribution in [0.2, 0.25) is 0 Å². The first-order valence-corrected chi connectivity index (χ1v) is 9.41. The van der Waals surface area contributed by atoms with Crippen LogP contribution in [0, 0.1) is 11.8 Å². The van der Waals surface area contributed by atoms with Crippen molar-refractivity contribution in [2.24, 2.45) is 16.8 Å². The lowest BCUT2D eigenvalue weighted by molar-refractivity contribution is 0.115. The molecular formula is C18H36N4O. The molecule has 2 aliphatic rings. The molecule has 1 atom stereocenters. The summed E-state index contributed by atoms with van der Waals surface area (Å²) < 4.78 is 5.72. The van der Waals surface area contributed by atoms with Crippen molar-refractivity contribution in [3.8, 4) is 0 Å². The Morgan fingerprint density at radius 1 is 1.30 bits per heavy atom. The number of hydrogen-bond donors (Lipinski definition) is 1. The Morgan fingerprint density at radius 2 is 2.04 bits per heavy atom. The van der Waals surface area contributed by atoms with Gasteiger partial charge in [-0.05, 0) is 50.6 Å². The number of nitrogens with zero attached hydrogens (tertiary/aromatic N) is 3. The molecule has 134 valence electrons. The number of hydrogen-bond acceptors (Lipinski definition) is 3. The van der Waals surface area contributed by atoms with Crippen molar-refractivity contribution >= 4 is 5.96 Å². The highest BCUT2D eigenvalue weighted by atomic mass is 16.5. The van der Waals surface area contributed by atoms with Gasteiger partial charge in [0, 0.05) is 40.3 Å². The fraction of sp³-hybridized carbons (Fsp3) is 0.944. The Kier molecular flexibility index (Phi) is 8.17. The van der Waals surface area contributed by atoms with E-state index in [0.29, 0.717) is 5.92 Å². The molecule has 23 heavy (non-hydrogen) atoms. The van der Waals surface area contributed by atoms with Crippen LogP contribution in [0.15, 0.2) is 4.99 Å². The zero-order valence-electron chi connectivity index (χ0n) is 15.4. The lowest BCUT2D eigenvalue weighted by Gasteiger charge is -2.30. The molecule has 1 N–H and O–H groups in total. The van der Waals surface area contributed by atoms with Crippen LogP contribution in [0.4, 0.5) is 0 Å². The predicted molar refractivity (Wildman–Crippen MR) is 97.0 cm³/mol. The van der Waals surface area contributed by atoms with E-state index in [1.54, 1.807) is 0 Å². The molecule has 1 saturated carbocycles. The average Bonchev–Trinajstić information content (AvgIpc) is 3.37. The van der Waals surface area contributed by atoms with Gasteiger partial charge in [-0.25, -0.2) is 0 Å². The van der Waals surface area contributed by atoms with Crippen molar-refractivity contribution in [3.05, 3.63) is 0 Å². The Labute approximate surface area is 142 Å². The summed E-state index contributed by atoms with van der Waals surface area (Å²) in [4.78, 5) is 9.17. The van der Waals surface area contributed by atoms with Gasteiger partial charge >= 0.3 is 0 Å². The van der Waals surface area contributed by atoms with Gasteiger partial charge in [-0.2, -0.15) is 0 Å². The molecule has 1 heterocycles. The van der Waals surface area contributed by atoms with E-state index in [1.807, 2.05) is 7.05 Å². The minimum Gasteiger partial charge on any atom is -0.379 e. The van der Waals surface area contributed by atoms with Gasteiger partial charge in [0.1, 0.15) is 0 Å². The van der Waals surface area contributed by atoms with Gasteiger partial charge in [-0.1, -0.05) is 13.3 Å². The van der Waals surface area contributed by atoms with Crippen LogP contribution in [-0.2, 0) is 4.74 Å². The third-order valence-electron chi connectivity index (χ3n) is 4.82. The fourth-order valence-electron chi connectivity index (χ4n) is 3.14. The summed E-state index contributed by atoms with van der Waals surface area (Å²) in [5.41, 5.74) is 0. The fourth-order valence-corrected chi connectivity index (χ4v) is 3.14. The largest absolute Gasteiger partial charge is 0.379 e. The van der Waals surface area contributed by atoms with Crippen LogP contribution in [0.5, 0.6) is 0 Å². The predicted octanol–water partition coefficient (Wildman–Crippen LogP) is 2.04. The maximum atomic E-state index is 5.72. The highest BCUT2D eigenvalue weighted by molar-refractivity contribution is 5.79. The third kappa shape index (κ3) is 7.53. The van der Waals surface area contributed by atoms with Gasteiger partial charge in [0.25, 0.3) is 0 Å². The van der Waals surface area contributed by atoms with E-state index in [2.05, 4.69) is 34.1 Å². The Bertz CT molecular complexity index is 351. The minimum atomic E-state index is 0.643. The summed E-state index contributed by atoms with van der Waals surface area (Å²) in [5, 5.41) is 3.51. The lowest BCUT2D eigenvalue weighted by atomic mass is 10.1. The van der Waals surface area contributed by atoms with Gasteiger partial charge in [-0.15, -0.1) is 0 Å². The highest BCUT2D eigenvalue weighted by Crippen LogP contribution is 2.28. The second-order valence-electron chi connectivity index (χ2n) is 7.33. The SMILES string of the molecule is CN=C(NCC(C)CN1CCCCC1)N(C)CCOCC1CC1. The summed E-state index contributed by atoms with van der Waals surface area (Å²) in [7, 11) is 3.95. The number of piperidine rings is 1. The summed E-state index contributed by atoms with van der Waals surface area (Å²) in [6.07, 6.45) is 6.85. The summed E-state index contributed by atoms with van der Waals surface area (Å²) in [5.74, 6) is 2.46. The molecule has 0 aromatic rings. The zero-order chi connectivity index (χ0) is 16.5. The zero-order valence-corrected chi connectivity index (χ0v) is 15.4. The molecule has 1 saturated heterocycles. The van der Waals surface area contributed by atoms with E-state index in [0.717, 1.165) is 38.2 Å². The van der Waals surface area contributed by atoms with Crippen molar-refractivity contribution in [3.63, 3.8) is 0 Å². The molecule has 1 aliphatic carbocycles. The number of ether oxygens (including phenoxy) is 1. The molecular weight excluding hydrogens is 288 g/mol. The van der Waals surface area contributed by atoms with Crippen molar-refractivity contribution < 1.29 is 4.74 Å². The molecule has 0 radical (unpaired) electrons. The van der Waals surface area contributed by atoms with Crippen LogP contribution < -0.4 is 5.32 Å². The van der Waals surface area contributed by atoms with E-state index < -0.39 is 0 Å². The molecule has 5 heteroatoms. The molecule has 1 aliphatic heterocycles. The monoisotopic (exact) mass is 324 g/mol. The Hall–Kier alpha value is -0.810.